The normalized spacial score (nSPS) is 26.4. The van der Waals surface area contributed by atoms with Gasteiger partial charge in [-0.2, -0.15) is 5.10 Å². The maximum absolute atomic E-state index is 11.8. The van der Waals surface area contributed by atoms with Gasteiger partial charge in [0.2, 0.25) is 0 Å². The van der Waals surface area contributed by atoms with E-state index >= 15 is 0 Å². The quantitative estimate of drug-likeness (QED) is 0.867. The molecule has 0 aromatic carbocycles. The van der Waals surface area contributed by atoms with E-state index in [1.807, 2.05) is 4.90 Å². The summed E-state index contributed by atoms with van der Waals surface area (Å²) in [5.41, 5.74) is 6.01. The number of aromatic nitrogens is 4. The van der Waals surface area contributed by atoms with E-state index in [1.165, 1.54) is 6.33 Å². The Kier molecular flexibility index (Phi) is 3.00. The molecule has 2 atom stereocenters. The summed E-state index contributed by atoms with van der Waals surface area (Å²) in [6.45, 7) is 1.12. The second kappa shape index (κ2) is 4.94. The van der Waals surface area contributed by atoms with Crippen molar-refractivity contribution in [3.63, 3.8) is 0 Å². The van der Waals surface area contributed by atoms with Gasteiger partial charge in [-0.25, -0.2) is 14.6 Å². The van der Waals surface area contributed by atoms with Gasteiger partial charge in [0.15, 0.2) is 11.6 Å². The molecule has 4 rings (SSSR count). The van der Waals surface area contributed by atoms with Crippen LogP contribution in [-0.4, -0.2) is 43.9 Å². The van der Waals surface area contributed by atoms with E-state index < -0.39 is 11.4 Å². The molecule has 1 aliphatic heterocycles. The van der Waals surface area contributed by atoms with Gasteiger partial charge in [-0.3, -0.25) is 4.79 Å². The number of aliphatic carboxylic acids is 1. The Morgan fingerprint density at radius 1 is 1.39 bits per heavy atom. The zero-order valence-electron chi connectivity index (χ0n) is 12.6. The molecule has 8 heteroatoms. The van der Waals surface area contributed by atoms with Gasteiger partial charge >= 0.3 is 5.97 Å². The van der Waals surface area contributed by atoms with E-state index in [0.717, 1.165) is 19.3 Å². The predicted octanol–water partition coefficient (Wildman–Crippen LogP) is 0.936. The number of carbonyl (C=O) groups is 1. The lowest BCUT2D eigenvalue weighted by atomic mass is 9.81. The summed E-state index contributed by atoms with van der Waals surface area (Å²) in [5, 5.41) is 13.9. The number of anilines is 2. The van der Waals surface area contributed by atoms with Crippen molar-refractivity contribution in [2.24, 2.45) is 11.3 Å². The molecule has 0 radical (unpaired) electrons. The molecule has 2 aliphatic rings. The molecule has 3 N–H and O–H groups in total. The minimum absolute atomic E-state index is 0.155. The maximum Gasteiger partial charge on any atom is 0.311 e. The summed E-state index contributed by atoms with van der Waals surface area (Å²) in [6.07, 6.45) is 7.51. The molecule has 1 aliphatic carbocycles. The van der Waals surface area contributed by atoms with Gasteiger partial charge in [0.05, 0.1) is 5.41 Å². The number of rotatable bonds is 3. The van der Waals surface area contributed by atoms with Crippen molar-refractivity contribution in [1.82, 2.24) is 19.7 Å². The molecule has 2 fully saturated rings. The van der Waals surface area contributed by atoms with Crippen molar-refractivity contribution in [1.29, 1.82) is 0 Å². The van der Waals surface area contributed by atoms with E-state index in [-0.39, 0.29) is 5.92 Å². The SMILES string of the molecule is Nc1c(N2C[C@@H]3CCC[C@@]3(C(=O)O)C2)ncnc1-n1cccn1. The van der Waals surface area contributed by atoms with Gasteiger partial charge in [-0.05, 0) is 24.8 Å². The lowest BCUT2D eigenvalue weighted by Crippen LogP contribution is -2.36. The number of carboxylic acid groups (broad SMARTS) is 1. The molecule has 0 unspecified atom stereocenters. The number of hydrogen-bond donors (Lipinski definition) is 2. The molecule has 8 nitrogen and oxygen atoms in total. The van der Waals surface area contributed by atoms with Crippen LogP contribution in [0.3, 0.4) is 0 Å². The Labute approximate surface area is 132 Å². The van der Waals surface area contributed by atoms with Crippen LogP contribution in [-0.2, 0) is 4.79 Å². The summed E-state index contributed by atoms with van der Waals surface area (Å²) in [7, 11) is 0. The third-order valence-electron chi connectivity index (χ3n) is 5.16. The first kappa shape index (κ1) is 14.0. The van der Waals surface area contributed by atoms with Crippen molar-refractivity contribution in [2.45, 2.75) is 19.3 Å². The molecule has 0 bridgehead atoms. The van der Waals surface area contributed by atoms with Crippen LogP contribution in [0.25, 0.3) is 5.82 Å². The van der Waals surface area contributed by atoms with Crippen LogP contribution in [0.2, 0.25) is 0 Å². The van der Waals surface area contributed by atoms with Gasteiger partial charge in [0.25, 0.3) is 0 Å². The van der Waals surface area contributed by atoms with Crippen LogP contribution in [0.15, 0.2) is 24.8 Å². The lowest BCUT2D eigenvalue weighted by Gasteiger charge is -2.24. The van der Waals surface area contributed by atoms with Gasteiger partial charge in [0, 0.05) is 25.5 Å². The van der Waals surface area contributed by atoms with Crippen LogP contribution in [0.4, 0.5) is 11.5 Å². The topological polar surface area (TPSA) is 110 Å². The molecule has 0 spiro atoms. The van der Waals surface area contributed by atoms with Gasteiger partial charge in [-0.15, -0.1) is 0 Å². The highest BCUT2D eigenvalue weighted by atomic mass is 16.4. The molecule has 23 heavy (non-hydrogen) atoms. The molecule has 2 aromatic rings. The summed E-state index contributed by atoms with van der Waals surface area (Å²) >= 11 is 0. The van der Waals surface area contributed by atoms with E-state index in [0.29, 0.717) is 30.4 Å². The summed E-state index contributed by atoms with van der Waals surface area (Å²) in [5.74, 6) is 0.562. The van der Waals surface area contributed by atoms with Crippen LogP contribution >= 0.6 is 0 Å². The Hall–Kier alpha value is -2.64. The third-order valence-corrected chi connectivity index (χ3v) is 5.16. The van der Waals surface area contributed by atoms with E-state index in [1.54, 1.807) is 23.1 Å². The summed E-state index contributed by atoms with van der Waals surface area (Å²) in [4.78, 5) is 22.3. The molecular formula is C15H18N6O2. The standard InChI is InChI=1S/C15H18N6O2/c16-11-12(17-9-18-13(11)21-6-2-5-19-21)20-7-10-3-1-4-15(10,8-20)14(22)23/h2,5-6,9-10H,1,3-4,7-8,16H2,(H,22,23)/t10-,15+/m0/s1. The highest BCUT2D eigenvalue weighted by molar-refractivity contribution is 5.79. The highest BCUT2D eigenvalue weighted by Crippen LogP contribution is 2.50. The number of nitrogens with zero attached hydrogens (tertiary/aromatic N) is 5. The van der Waals surface area contributed by atoms with Gasteiger partial charge < -0.3 is 15.7 Å². The Morgan fingerprint density at radius 3 is 2.91 bits per heavy atom. The minimum Gasteiger partial charge on any atom is -0.481 e. The second-order valence-corrected chi connectivity index (χ2v) is 6.32. The smallest absolute Gasteiger partial charge is 0.311 e. The number of nitrogens with two attached hydrogens (primary N) is 1. The monoisotopic (exact) mass is 314 g/mol. The maximum atomic E-state index is 11.8. The molecule has 1 saturated heterocycles. The van der Waals surface area contributed by atoms with Crippen molar-refractivity contribution in [2.75, 3.05) is 23.7 Å². The van der Waals surface area contributed by atoms with E-state index in [2.05, 4.69) is 15.1 Å². The molecule has 2 aromatic heterocycles. The first-order chi connectivity index (χ1) is 11.1. The molecule has 1 saturated carbocycles. The minimum atomic E-state index is -0.706. The van der Waals surface area contributed by atoms with Crippen molar-refractivity contribution in [3.05, 3.63) is 24.8 Å². The average Bonchev–Trinajstić information content (AvgIpc) is 3.22. The number of carboxylic acids is 1. The summed E-state index contributed by atoms with van der Waals surface area (Å²) in [6, 6.07) is 1.79. The fourth-order valence-corrected chi connectivity index (χ4v) is 4.01. The summed E-state index contributed by atoms with van der Waals surface area (Å²) < 4.78 is 1.59. The van der Waals surface area contributed by atoms with E-state index in [9.17, 15) is 9.90 Å². The largest absolute Gasteiger partial charge is 0.481 e. The molecule has 0 amide bonds. The Balaban J connectivity index is 1.70. The average molecular weight is 314 g/mol. The number of fused-ring (bicyclic) bond motifs is 1. The van der Waals surface area contributed by atoms with Crippen molar-refractivity contribution < 1.29 is 9.90 Å². The first-order valence-electron chi connectivity index (χ1n) is 7.71. The zero-order valence-corrected chi connectivity index (χ0v) is 12.6. The third kappa shape index (κ3) is 1.97. The van der Waals surface area contributed by atoms with Crippen molar-refractivity contribution in [3.8, 4) is 5.82 Å². The Bertz CT molecular complexity index is 746. The number of hydrogen-bond acceptors (Lipinski definition) is 6. The molecule has 120 valence electrons. The fraction of sp³-hybridized carbons (Fsp3) is 0.467. The fourth-order valence-electron chi connectivity index (χ4n) is 4.01. The van der Waals surface area contributed by atoms with Crippen molar-refractivity contribution >= 4 is 17.5 Å². The predicted molar refractivity (Wildman–Crippen MR) is 83.2 cm³/mol. The van der Waals surface area contributed by atoms with Crippen LogP contribution < -0.4 is 10.6 Å². The van der Waals surface area contributed by atoms with Crippen LogP contribution in [0.1, 0.15) is 19.3 Å². The molecule has 3 heterocycles. The second-order valence-electron chi connectivity index (χ2n) is 6.32. The number of nitrogen functional groups attached to an aromatic ring is 1. The highest BCUT2D eigenvalue weighted by Gasteiger charge is 2.55. The Morgan fingerprint density at radius 2 is 2.22 bits per heavy atom. The van der Waals surface area contributed by atoms with Crippen LogP contribution in [0, 0.1) is 11.3 Å². The van der Waals surface area contributed by atoms with E-state index in [4.69, 9.17) is 5.73 Å². The zero-order chi connectivity index (χ0) is 16.0. The van der Waals surface area contributed by atoms with Gasteiger partial charge in [-0.1, -0.05) is 6.42 Å². The first-order valence-corrected chi connectivity index (χ1v) is 7.71. The lowest BCUT2D eigenvalue weighted by molar-refractivity contribution is -0.149. The van der Waals surface area contributed by atoms with Gasteiger partial charge in [0.1, 0.15) is 12.0 Å². The molecular weight excluding hydrogens is 296 g/mol. The van der Waals surface area contributed by atoms with Crippen LogP contribution in [0.5, 0.6) is 0 Å².